The van der Waals surface area contributed by atoms with Crippen LogP contribution in [-0.4, -0.2) is 18.5 Å². The van der Waals surface area contributed by atoms with Crippen LogP contribution in [0.1, 0.15) is 26.7 Å². The zero-order valence-corrected chi connectivity index (χ0v) is 12.0. The first-order chi connectivity index (χ1) is 8.58. The molecule has 0 saturated heterocycles. The lowest BCUT2D eigenvalue weighted by molar-refractivity contribution is -0.119. The Morgan fingerprint density at radius 3 is 2.56 bits per heavy atom. The summed E-state index contributed by atoms with van der Waals surface area (Å²) in [6.45, 7) is 4.73. The lowest BCUT2D eigenvalue weighted by Gasteiger charge is -2.35. The maximum atomic E-state index is 12.3. The van der Waals surface area contributed by atoms with Gasteiger partial charge in [0.15, 0.2) is 0 Å². The fraction of sp³-hybridized carbons (Fsp3) is 0.462. The summed E-state index contributed by atoms with van der Waals surface area (Å²) < 4.78 is 0. The van der Waals surface area contributed by atoms with Gasteiger partial charge in [0.05, 0.1) is 21.4 Å². The van der Waals surface area contributed by atoms with E-state index in [9.17, 15) is 4.79 Å². The number of carbonyl (C=O) groups excluding carboxylic acids is 1. The van der Waals surface area contributed by atoms with Crippen molar-refractivity contribution < 1.29 is 4.79 Å². The van der Waals surface area contributed by atoms with E-state index in [0.29, 0.717) is 16.6 Å². The summed E-state index contributed by atoms with van der Waals surface area (Å²) in [4.78, 5) is 14.1. The summed E-state index contributed by atoms with van der Waals surface area (Å²) >= 11 is 12.1. The van der Waals surface area contributed by atoms with E-state index in [1.54, 1.807) is 17.0 Å². The summed E-state index contributed by atoms with van der Waals surface area (Å²) in [7, 11) is 0. The molecule has 2 rings (SSSR count). The van der Waals surface area contributed by atoms with Crippen LogP contribution in [0.5, 0.6) is 0 Å². The van der Waals surface area contributed by atoms with Crippen LogP contribution in [0.4, 0.5) is 11.4 Å². The highest BCUT2D eigenvalue weighted by molar-refractivity contribution is 6.42. The number of hydrogen-bond donors (Lipinski definition) is 1. The average Bonchev–Trinajstić information content (AvgIpc) is 2.35. The van der Waals surface area contributed by atoms with Gasteiger partial charge in [-0.25, -0.2) is 0 Å². The molecule has 1 amide bonds. The van der Waals surface area contributed by atoms with Gasteiger partial charge in [0, 0.05) is 6.54 Å². The fourth-order valence-corrected chi connectivity index (χ4v) is 2.48. The van der Waals surface area contributed by atoms with E-state index in [-0.39, 0.29) is 11.9 Å². The van der Waals surface area contributed by atoms with Crippen LogP contribution in [0.25, 0.3) is 0 Å². The second-order valence-corrected chi connectivity index (χ2v) is 5.19. The number of halogens is 2. The van der Waals surface area contributed by atoms with E-state index in [4.69, 9.17) is 23.2 Å². The zero-order chi connectivity index (χ0) is 13.3. The molecule has 3 nitrogen and oxygen atoms in total. The van der Waals surface area contributed by atoms with Crippen LogP contribution in [-0.2, 0) is 4.79 Å². The Bertz CT molecular complexity index is 476. The molecule has 0 aliphatic carbocycles. The summed E-state index contributed by atoms with van der Waals surface area (Å²) in [5.41, 5.74) is 1.70. The van der Waals surface area contributed by atoms with Crippen LogP contribution in [0.3, 0.4) is 0 Å². The predicted octanol–water partition coefficient (Wildman–Crippen LogP) is 3.94. The molecule has 0 radical (unpaired) electrons. The molecule has 1 aromatic rings. The van der Waals surface area contributed by atoms with Crippen LogP contribution in [0.15, 0.2) is 12.1 Å². The van der Waals surface area contributed by atoms with Crippen LogP contribution in [0, 0.1) is 0 Å². The van der Waals surface area contributed by atoms with Crippen molar-refractivity contribution in [2.45, 2.75) is 32.7 Å². The van der Waals surface area contributed by atoms with E-state index in [2.05, 4.69) is 5.32 Å². The SMILES string of the molecule is CCCN1C(=O)C(CC)Nc2cc(Cl)c(Cl)cc21. The smallest absolute Gasteiger partial charge is 0.249 e. The first-order valence-electron chi connectivity index (χ1n) is 6.15. The van der Waals surface area contributed by atoms with Gasteiger partial charge in [-0.2, -0.15) is 0 Å². The van der Waals surface area contributed by atoms with Crippen LogP contribution >= 0.6 is 23.2 Å². The minimum absolute atomic E-state index is 0.102. The quantitative estimate of drug-likeness (QED) is 0.913. The number of benzene rings is 1. The number of anilines is 2. The second kappa shape index (κ2) is 5.37. The Kier molecular flexibility index (Phi) is 4.03. The molecule has 0 saturated carbocycles. The normalized spacial score (nSPS) is 18.6. The largest absolute Gasteiger partial charge is 0.372 e. The van der Waals surface area contributed by atoms with Gasteiger partial charge in [-0.15, -0.1) is 0 Å². The Morgan fingerprint density at radius 2 is 1.94 bits per heavy atom. The van der Waals surface area contributed by atoms with Gasteiger partial charge in [0.2, 0.25) is 5.91 Å². The topological polar surface area (TPSA) is 32.3 Å². The molecule has 98 valence electrons. The van der Waals surface area contributed by atoms with Crippen molar-refractivity contribution in [1.82, 2.24) is 0 Å². The Hall–Kier alpha value is -0.930. The van der Waals surface area contributed by atoms with Crippen molar-refractivity contribution in [2.24, 2.45) is 0 Å². The molecule has 1 unspecified atom stereocenters. The van der Waals surface area contributed by atoms with E-state index < -0.39 is 0 Å². The van der Waals surface area contributed by atoms with E-state index in [1.807, 2.05) is 13.8 Å². The molecule has 18 heavy (non-hydrogen) atoms. The number of rotatable bonds is 3. The van der Waals surface area contributed by atoms with Crippen molar-refractivity contribution >= 4 is 40.5 Å². The maximum Gasteiger partial charge on any atom is 0.249 e. The van der Waals surface area contributed by atoms with Crippen molar-refractivity contribution in [3.8, 4) is 0 Å². The highest BCUT2D eigenvalue weighted by Crippen LogP contribution is 2.38. The van der Waals surface area contributed by atoms with Crippen LogP contribution in [0.2, 0.25) is 10.0 Å². The average molecular weight is 287 g/mol. The number of hydrogen-bond acceptors (Lipinski definition) is 2. The Labute approximate surface area is 117 Å². The molecule has 5 heteroatoms. The Balaban J connectivity index is 2.48. The molecule has 1 N–H and O–H groups in total. The third-order valence-corrected chi connectivity index (χ3v) is 3.80. The zero-order valence-electron chi connectivity index (χ0n) is 10.5. The number of nitrogens with one attached hydrogen (secondary N) is 1. The van der Waals surface area contributed by atoms with Gasteiger partial charge in [-0.05, 0) is 25.0 Å². The van der Waals surface area contributed by atoms with Gasteiger partial charge < -0.3 is 10.2 Å². The van der Waals surface area contributed by atoms with Crippen LogP contribution < -0.4 is 10.2 Å². The molecular weight excluding hydrogens is 271 g/mol. The molecule has 1 aromatic carbocycles. The first kappa shape index (κ1) is 13.5. The molecule has 0 aromatic heterocycles. The Morgan fingerprint density at radius 1 is 1.28 bits per heavy atom. The van der Waals surface area contributed by atoms with Gasteiger partial charge in [-0.3, -0.25) is 4.79 Å². The minimum atomic E-state index is -0.179. The molecule has 1 heterocycles. The molecule has 1 aliphatic heterocycles. The number of fused-ring (bicyclic) bond motifs is 1. The third kappa shape index (κ3) is 2.29. The van der Waals surface area contributed by atoms with E-state index >= 15 is 0 Å². The highest BCUT2D eigenvalue weighted by Gasteiger charge is 2.31. The number of carbonyl (C=O) groups is 1. The molecule has 0 bridgehead atoms. The lowest BCUT2D eigenvalue weighted by atomic mass is 10.1. The van der Waals surface area contributed by atoms with Gasteiger partial charge in [0.1, 0.15) is 6.04 Å². The number of amides is 1. The van der Waals surface area contributed by atoms with E-state index in [0.717, 1.165) is 24.2 Å². The van der Waals surface area contributed by atoms with Crippen molar-refractivity contribution in [3.63, 3.8) is 0 Å². The molecular formula is C13H16Cl2N2O. The maximum absolute atomic E-state index is 12.3. The monoisotopic (exact) mass is 286 g/mol. The number of nitrogens with zero attached hydrogens (tertiary/aromatic N) is 1. The highest BCUT2D eigenvalue weighted by atomic mass is 35.5. The summed E-state index contributed by atoms with van der Waals surface area (Å²) in [5.74, 6) is 0.102. The second-order valence-electron chi connectivity index (χ2n) is 4.38. The molecule has 1 atom stereocenters. The summed E-state index contributed by atoms with van der Waals surface area (Å²) in [5, 5.41) is 4.20. The van der Waals surface area contributed by atoms with Crippen molar-refractivity contribution in [1.29, 1.82) is 0 Å². The van der Waals surface area contributed by atoms with E-state index in [1.165, 1.54) is 0 Å². The third-order valence-electron chi connectivity index (χ3n) is 3.08. The molecule has 0 spiro atoms. The standard InChI is InChI=1S/C13H16Cl2N2O/c1-3-5-17-12-7-9(15)8(14)6-11(12)16-10(4-2)13(17)18/h6-7,10,16H,3-5H2,1-2H3. The first-order valence-corrected chi connectivity index (χ1v) is 6.91. The van der Waals surface area contributed by atoms with Gasteiger partial charge in [-0.1, -0.05) is 37.0 Å². The molecule has 0 fully saturated rings. The molecule has 1 aliphatic rings. The predicted molar refractivity (Wildman–Crippen MR) is 76.8 cm³/mol. The minimum Gasteiger partial charge on any atom is -0.372 e. The fourth-order valence-electron chi connectivity index (χ4n) is 2.16. The van der Waals surface area contributed by atoms with Gasteiger partial charge in [0.25, 0.3) is 0 Å². The summed E-state index contributed by atoms with van der Waals surface area (Å²) in [6, 6.07) is 3.36. The lowest BCUT2D eigenvalue weighted by Crippen LogP contribution is -2.47. The summed E-state index contributed by atoms with van der Waals surface area (Å²) in [6.07, 6.45) is 1.65. The van der Waals surface area contributed by atoms with Gasteiger partial charge >= 0.3 is 0 Å². The van der Waals surface area contributed by atoms with Crippen molar-refractivity contribution in [2.75, 3.05) is 16.8 Å². The van der Waals surface area contributed by atoms with Crippen molar-refractivity contribution in [3.05, 3.63) is 22.2 Å².